The van der Waals surface area contributed by atoms with Crippen molar-refractivity contribution in [1.82, 2.24) is 41.5 Å². The summed E-state index contributed by atoms with van der Waals surface area (Å²) in [4.78, 5) is 57.3. The van der Waals surface area contributed by atoms with E-state index in [-0.39, 0.29) is 61.2 Å². The fraction of sp³-hybridized carbons (Fsp3) is 0.571. The molecule has 0 saturated carbocycles. The predicted molar refractivity (Wildman–Crippen MR) is 175 cm³/mol. The van der Waals surface area contributed by atoms with Crippen LogP contribution in [0.1, 0.15) is 77.1 Å². The number of carbonyl (C=O) groups excluding carboxylic acids is 4. The van der Waals surface area contributed by atoms with Crippen LogP contribution in [0.4, 0.5) is 19.2 Å². The number of rotatable bonds is 17. The van der Waals surface area contributed by atoms with Gasteiger partial charge in [0.05, 0.1) is 13.1 Å². The monoisotopic (exact) mass is 714 g/mol. The normalized spacial score (nSPS) is 12.5. The minimum absolute atomic E-state index is 0.0337. The molecule has 0 saturated heterocycles. The molecule has 0 fully saturated rings. The van der Waals surface area contributed by atoms with Crippen LogP contribution in [0.25, 0.3) is 0 Å². The van der Waals surface area contributed by atoms with Gasteiger partial charge >= 0.3 is 24.4 Å². The van der Waals surface area contributed by atoms with Crippen molar-refractivity contribution in [3.8, 4) is 0 Å². The molecular formula is C28H42N8O10S2. The third-order valence-corrected chi connectivity index (χ3v) is 7.37. The van der Waals surface area contributed by atoms with Crippen molar-refractivity contribution < 1.29 is 47.2 Å². The summed E-state index contributed by atoms with van der Waals surface area (Å²) in [7, 11) is 2.60. The van der Waals surface area contributed by atoms with E-state index in [1.165, 1.54) is 33.7 Å². The number of amides is 4. The Morgan fingerprint density at radius 1 is 0.708 bits per heavy atom. The molecule has 0 aliphatic rings. The molecule has 18 nitrogen and oxygen atoms in total. The molecule has 2 aromatic rings. The van der Waals surface area contributed by atoms with Gasteiger partial charge in [0.25, 0.3) is 0 Å². The summed E-state index contributed by atoms with van der Waals surface area (Å²) in [5.41, 5.74) is -1.53. The van der Waals surface area contributed by atoms with Gasteiger partial charge in [-0.25, -0.2) is 19.2 Å². The highest BCUT2D eigenvalue weighted by Crippen LogP contribution is 2.31. The summed E-state index contributed by atoms with van der Waals surface area (Å²) in [5.74, 6) is 0.845. The number of carbonyl (C=O) groups is 4. The predicted octanol–water partition coefficient (Wildman–Crippen LogP) is 4.49. The molecule has 48 heavy (non-hydrogen) atoms. The van der Waals surface area contributed by atoms with Crippen molar-refractivity contribution in [3.63, 3.8) is 0 Å². The van der Waals surface area contributed by atoms with Crippen molar-refractivity contribution >= 4 is 46.0 Å². The highest BCUT2D eigenvalue weighted by atomic mass is 33.1. The third-order valence-electron chi connectivity index (χ3n) is 4.94. The molecule has 2 rings (SSSR count). The van der Waals surface area contributed by atoms with E-state index in [0.717, 1.165) is 0 Å². The summed E-state index contributed by atoms with van der Waals surface area (Å²) in [6.45, 7) is 17.2. The molecule has 0 radical (unpaired) electrons. The molecule has 2 heterocycles. The number of nitrogens with one attached hydrogen (secondary N) is 4. The molecule has 4 N–H and O–H groups in total. The lowest BCUT2D eigenvalue weighted by molar-refractivity contribution is 0.0489. The Hall–Kier alpha value is -4.46. The summed E-state index contributed by atoms with van der Waals surface area (Å²) >= 11 is 0. The molecule has 0 spiro atoms. The van der Waals surface area contributed by atoms with Crippen molar-refractivity contribution in [2.24, 2.45) is 0 Å². The summed E-state index contributed by atoms with van der Waals surface area (Å²) < 4.78 is 31.2. The SMILES string of the molecule is C=CCOC(=O)NCc1noc([C@H](CSSC[C@H](NC(=O)OC(C)(C)C)c2nc(CNC(=O)OCC=C)no2)NC(=O)OC(C)(C)C)n1. The largest absolute Gasteiger partial charge is 0.445 e. The Kier molecular flexibility index (Phi) is 16.0. The van der Waals surface area contributed by atoms with Gasteiger partial charge in [-0.05, 0) is 41.5 Å². The number of alkyl carbamates (subject to hydrolysis) is 4. The van der Waals surface area contributed by atoms with Crippen LogP contribution in [0.2, 0.25) is 0 Å². The van der Waals surface area contributed by atoms with Crippen molar-refractivity contribution in [1.29, 1.82) is 0 Å². The Labute approximate surface area is 285 Å². The Bertz CT molecular complexity index is 1270. The lowest BCUT2D eigenvalue weighted by Crippen LogP contribution is -2.36. The quantitative estimate of drug-likeness (QED) is 0.0765. The topological polar surface area (TPSA) is 231 Å². The van der Waals surface area contributed by atoms with Gasteiger partial charge in [-0.3, -0.25) is 0 Å². The average molecular weight is 715 g/mol. The van der Waals surface area contributed by atoms with E-state index in [9.17, 15) is 19.2 Å². The van der Waals surface area contributed by atoms with E-state index >= 15 is 0 Å². The first-order valence-corrected chi connectivity index (χ1v) is 17.0. The molecule has 0 aliphatic heterocycles. The first-order valence-electron chi connectivity index (χ1n) is 14.5. The van der Waals surface area contributed by atoms with Gasteiger partial charge in [-0.15, -0.1) is 0 Å². The van der Waals surface area contributed by atoms with E-state index in [1.54, 1.807) is 41.5 Å². The van der Waals surface area contributed by atoms with E-state index in [4.69, 9.17) is 28.0 Å². The van der Waals surface area contributed by atoms with E-state index in [2.05, 4.69) is 54.7 Å². The van der Waals surface area contributed by atoms with E-state index in [1.807, 2.05) is 0 Å². The fourth-order valence-corrected chi connectivity index (χ4v) is 5.43. The second kappa shape index (κ2) is 19.4. The molecular weight excluding hydrogens is 672 g/mol. The zero-order valence-electron chi connectivity index (χ0n) is 27.7. The van der Waals surface area contributed by atoms with Gasteiger partial charge in [-0.1, -0.05) is 57.2 Å². The highest BCUT2D eigenvalue weighted by Gasteiger charge is 2.28. The molecule has 20 heteroatoms. The maximum Gasteiger partial charge on any atom is 0.408 e. The number of ether oxygens (including phenoxy) is 4. The standard InChI is InChI=1S/C28H42N8O10S2/c1-9-11-41-23(37)29-13-19-33-21(45-35-19)17(31-25(39)43-27(3,4)5)15-47-48-16-18(32-26(40)44-28(6,7)8)22-34-20(36-46-22)14-30-24(38)42-12-10-2/h9-10,17-18H,1-2,11-16H2,3-8H3,(H,29,37)(H,30,38)(H,31,39)(H,32,40)/t17-,18-/m0/s1. The summed E-state index contributed by atoms with van der Waals surface area (Å²) in [5, 5.41) is 18.1. The van der Waals surface area contributed by atoms with Gasteiger partial charge in [0, 0.05) is 11.5 Å². The maximum atomic E-state index is 12.6. The van der Waals surface area contributed by atoms with Crippen molar-refractivity contribution in [2.45, 2.75) is 77.9 Å². The number of hydrogen-bond donors (Lipinski definition) is 4. The van der Waals surface area contributed by atoms with Crippen LogP contribution >= 0.6 is 21.6 Å². The smallest absolute Gasteiger partial charge is 0.408 e. The van der Waals surface area contributed by atoms with E-state index < -0.39 is 47.7 Å². The minimum atomic E-state index is -0.800. The van der Waals surface area contributed by atoms with Crippen LogP contribution in [-0.4, -0.2) is 80.6 Å². The average Bonchev–Trinajstić information content (AvgIpc) is 3.66. The van der Waals surface area contributed by atoms with Crippen LogP contribution in [0, 0.1) is 0 Å². The first kappa shape index (κ1) is 39.7. The van der Waals surface area contributed by atoms with Gasteiger partial charge < -0.3 is 49.3 Å². The summed E-state index contributed by atoms with van der Waals surface area (Å²) in [6, 6.07) is -1.60. The minimum Gasteiger partial charge on any atom is -0.445 e. The maximum absolute atomic E-state index is 12.6. The molecule has 0 aliphatic carbocycles. The number of hydrogen-bond acceptors (Lipinski definition) is 16. The van der Waals surface area contributed by atoms with Crippen LogP contribution in [0.3, 0.4) is 0 Å². The van der Waals surface area contributed by atoms with Crippen molar-refractivity contribution in [2.75, 3.05) is 24.7 Å². The lowest BCUT2D eigenvalue weighted by Gasteiger charge is -2.23. The van der Waals surface area contributed by atoms with Gasteiger partial charge in [-0.2, -0.15) is 9.97 Å². The van der Waals surface area contributed by atoms with Crippen LogP contribution in [0.15, 0.2) is 34.4 Å². The molecule has 0 unspecified atom stereocenters. The van der Waals surface area contributed by atoms with Crippen molar-refractivity contribution in [3.05, 3.63) is 48.7 Å². The molecule has 266 valence electrons. The Balaban J connectivity index is 2.11. The Morgan fingerprint density at radius 3 is 1.42 bits per heavy atom. The van der Waals surface area contributed by atoms with Crippen LogP contribution < -0.4 is 21.3 Å². The second-order valence-electron chi connectivity index (χ2n) is 11.5. The Morgan fingerprint density at radius 2 is 1.08 bits per heavy atom. The third kappa shape index (κ3) is 16.4. The number of nitrogens with zero attached hydrogens (tertiary/aromatic N) is 4. The molecule has 0 bridgehead atoms. The molecule has 2 aromatic heterocycles. The highest BCUT2D eigenvalue weighted by molar-refractivity contribution is 8.76. The van der Waals surface area contributed by atoms with Gasteiger partial charge in [0.2, 0.25) is 11.8 Å². The fourth-order valence-electron chi connectivity index (χ4n) is 3.12. The van der Waals surface area contributed by atoms with Crippen LogP contribution in [0.5, 0.6) is 0 Å². The van der Waals surface area contributed by atoms with E-state index in [0.29, 0.717) is 0 Å². The second-order valence-corrected chi connectivity index (χ2v) is 14.1. The van der Waals surface area contributed by atoms with Crippen LogP contribution in [-0.2, 0) is 32.0 Å². The lowest BCUT2D eigenvalue weighted by atomic mass is 10.2. The first-order chi connectivity index (χ1) is 22.6. The van der Waals surface area contributed by atoms with Gasteiger partial charge in [0.15, 0.2) is 11.6 Å². The number of aromatic nitrogens is 4. The zero-order valence-corrected chi connectivity index (χ0v) is 29.3. The molecule has 2 atom stereocenters. The molecule has 4 amide bonds. The zero-order chi connectivity index (χ0) is 35.7. The van der Waals surface area contributed by atoms with Gasteiger partial charge in [0.1, 0.15) is 36.5 Å². The molecule has 0 aromatic carbocycles. The summed E-state index contributed by atoms with van der Waals surface area (Å²) in [6.07, 6.45) is 0.0360.